The van der Waals surface area contributed by atoms with Crippen molar-refractivity contribution in [3.8, 4) is 0 Å². The fourth-order valence-electron chi connectivity index (χ4n) is 2.35. The molecule has 0 saturated carbocycles. The Balaban J connectivity index is 2.03. The molecule has 0 radical (unpaired) electrons. The highest BCUT2D eigenvalue weighted by molar-refractivity contribution is 6.09. The molecule has 3 rings (SSSR count). The molecule has 1 heterocycles. The number of fused-ring (bicyclic) bond motifs is 1. The summed E-state index contributed by atoms with van der Waals surface area (Å²) in [5.41, 5.74) is 3.75. The quantitative estimate of drug-likeness (QED) is 0.650. The van der Waals surface area contributed by atoms with Crippen LogP contribution in [0.25, 0.3) is 11.0 Å². The normalized spacial score (nSPS) is 10.9. The lowest BCUT2D eigenvalue weighted by molar-refractivity contribution is 0.101. The summed E-state index contributed by atoms with van der Waals surface area (Å²) in [6.07, 6.45) is 0.917. The third-order valence-electron chi connectivity index (χ3n) is 3.49. The molecule has 3 aromatic rings. The van der Waals surface area contributed by atoms with Crippen LogP contribution >= 0.6 is 0 Å². The minimum Gasteiger partial charge on any atom is -0.453 e. The van der Waals surface area contributed by atoms with Crippen molar-refractivity contribution in [1.82, 2.24) is 0 Å². The van der Waals surface area contributed by atoms with Gasteiger partial charge in [-0.2, -0.15) is 0 Å². The summed E-state index contributed by atoms with van der Waals surface area (Å²) in [7, 11) is 0. The second kappa shape index (κ2) is 4.97. The molecule has 0 N–H and O–H groups in total. The second-order valence-corrected chi connectivity index (χ2v) is 5.03. The Kier molecular flexibility index (Phi) is 3.15. The predicted molar refractivity (Wildman–Crippen MR) is 80.2 cm³/mol. The molecule has 2 heteroatoms. The van der Waals surface area contributed by atoms with Gasteiger partial charge in [-0.15, -0.1) is 0 Å². The topological polar surface area (TPSA) is 30.2 Å². The molecule has 20 heavy (non-hydrogen) atoms. The zero-order chi connectivity index (χ0) is 14.1. The Bertz CT molecular complexity index is 781. The van der Waals surface area contributed by atoms with Crippen molar-refractivity contribution in [2.45, 2.75) is 20.3 Å². The van der Waals surface area contributed by atoms with E-state index in [-0.39, 0.29) is 5.78 Å². The average Bonchev–Trinajstić information content (AvgIpc) is 2.89. The second-order valence-electron chi connectivity index (χ2n) is 5.03. The molecule has 0 atom stereocenters. The molecular formula is C18H16O2. The zero-order valence-corrected chi connectivity index (χ0v) is 11.6. The third kappa shape index (κ3) is 2.25. The van der Waals surface area contributed by atoms with Gasteiger partial charge in [0.05, 0.1) is 0 Å². The smallest absolute Gasteiger partial charge is 0.228 e. The van der Waals surface area contributed by atoms with E-state index in [0.717, 1.165) is 28.5 Å². The van der Waals surface area contributed by atoms with E-state index < -0.39 is 0 Å². The van der Waals surface area contributed by atoms with Gasteiger partial charge in [-0.25, -0.2) is 0 Å². The molecule has 0 fully saturated rings. The van der Waals surface area contributed by atoms with Crippen LogP contribution in [0.15, 0.2) is 52.9 Å². The van der Waals surface area contributed by atoms with Crippen LogP contribution in [0.5, 0.6) is 0 Å². The van der Waals surface area contributed by atoms with Gasteiger partial charge in [-0.3, -0.25) is 4.79 Å². The maximum Gasteiger partial charge on any atom is 0.228 e. The van der Waals surface area contributed by atoms with E-state index in [1.165, 1.54) is 0 Å². The van der Waals surface area contributed by atoms with Crippen molar-refractivity contribution in [3.63, 3.8) is 0 Å². The van der Waals surface area contributed by atoms with Crippen LogP contribution in [0.2, 0.25) is 0 Å². The Morgan fingerprint density at radius 3 is 2.75 bits per heavy atom. The Hall–Kier alpha value is -2.35. The molecule has 2 aromatic carbocycles. The van der Waals surface area contributed by atoms with Crippen LogP contribution in [0.3, 0.4) is 0 Å². The molecule has 0 saturated heterocycles. The van der Waals surface area contributed by atoms with E-state index in [2.05, 4.69) is 6.92 Å². The molecule has 0 aliphatic carbocycles. The van der Waals surface area contributed by atoms with Gasteiger partial charge in [0, 0.05) is 10.9 Å². The van der Waals surface area contributed by atoms with Crippen LogP contribution in [0.4, 0.5) is 0 Å². The number of rotatable bonds is 3. The summed E-state index contributed by atoms with van der Waals surface area (Å²) in [5, 5.41) is 0.972. The first-order valence-corrected chi connectivity index (χ1v) is 6.81. The number of carbonyl (C=O) groups is 1. The van der Waals surface area contributed by atoms with Gasteiger partial charge in [0.25, 0.3) is 0 Å². The van der Waals surface area contributed by atoms with Gasteiger partial charge >= 0.3 is 0 Å². The van der Waals surface area contributed by atoms with Crippen molar-refractivity contribution < 1.29 is 9.21 Å². The third-order valence-corrected chi connectivity index (χ3v) is 3.49. The molecular weight excluding hydrogens is 248 g/mol. The first-order chi connectivity index (χ1) is 9.67. The monoisotopic (exact) mass is 264 g/mol. The van der Waals surface area contributed by atoms with Crippen molar-refractivity contribution in [3.05, 3.63) is 71.0 Å². The van der Waals surface area contributed by atoms with Gasteiger partial charge < -0.3 is 4.42 Å². The molecule has 0 aliphatic heterocycles. The predicted octanol–water partition coefficient (Wildman–Crippen LogP) is 4.53. The number of hydrogen-bond donors (Lipinski definition) is 0. The number of furan rings is 1. The van der Waals surface area contributed by atoms with Crippen LogP contribution in [0.1, 0.15) is 34.2 Å². The van der Waals surface area contributed by atoms with Gasteiger partial charge in [0.1, 0.15) is 5.58 Å². The average molecular weight is 264 g/mol. The highest BCUT2D eigenvalue weighted by Crippen LogP contribution is 2.23. The molecule has 0 amide bonds. The Labute approximate surface area is 118 Å². The summed E-state index contributed by atoms with van der Waals surface area (Å²) in [6, 6.07) is 15.4. The van der Waals surface area contributed by atoms with Crippen LogP contribution < -0.4 is 0 Å². The van der Waals surface area contributed by atoms with E-state index in [9.17, 15) is 4.79 Å². The summed E-state index contributed by atoms with van der Waals surface area (Å²) in [6.45, 7) is 4.10. The molecule has 0 bridgehead atoms. The standard InChI is InChI=1S/C18H16O2/c1-3-13-5-4-6-14(10-13)18(19)17-11-15-9-12(2)7-8-16(15)20-17/h4-11H,3H2,1-2H3. The van der Waals surface area contributed by atoms with E-state index in [0.29, 0.717) is 11.3 Å². The number of ketones is 1. The Morgan fingerprint density at radius 2 is 1.95 bits per heavy atom. The zero-order valence-electron chi connectivity index (χ0n) is 11.6. The van der Waals surface area contributed by atoms with Crippen LogP contribution in [-0.2, 0) is 6.42 Å². The van der Waals surface area contributed by atoms with Crippen LogP contribution in [-0.4, -0.2) is 5.78 Å². The summed E-state index contributed by atoms with van der Waals surface area (Å²) < 4.78 is 5.66. The van der Waals surface area contributed by atoms with Crippen LogP contribution in [0, 0.1) is 6.92 Å². The minimum absolute atomic E-state index is 0.0610. The minimum atomic E-state index is -0.0610. The number of carbonyl (C=O) groups excluding carboxylic acids is 1. The summed E-state index contributed by atoms with van der Waals surface area (Å²) in [4.78, 5) is 12.5. The van der Waals surface area contributed by atoms with Crippen molar-refractivity contribution in [2.24, 2.45) is 0 Å². The number of hydrogen-bond acceptors (Lipinski definition) is 2. The lowest BCUT2D eigenvalue weighted by Crippen LogP contribution is -2.00. The highest BCUT2D eigenvalue weighted by Gasteiger charge is 2.14. The summed E-state index contributed by atoms with van der Waals surface area (Å²) >= 11 is 0. The highest BCUT2D eigenvalue weighted by atomic mass is 16.3. The fourth-order valence-corrected chi connectivity index (χ4v) is 2.35. The van der Waals surface area contributed by atoms with Crippen molar-refractivity contribution in [1.29, 1.82) is 0 Å². The molecule has 0 unspecified atom stereocenters. The molecule has 1 aromatic heterocycles. The molecule has 0 aliphatic rings. The largest absolute Gasteiger partial charge is 0.453 e. The maximum atomic E-state index is 12.5. The summed E-state index contributed by atoms with van der Waals surface area (Å²) in [5.74, 6) is 0.341. The van der Waals surface area contributed by atoms with Gasteiger partial charge in [-0.05, 0) is 43.2 Å². The van der Waals surface area contributed by atoms with Crippen molar-refractivity contribution >= 4 is 16.8 Å². The molecule has 2 nitrogen and oxygen atoms in total. The lowest BCUT2D eigenvalue weighted by atomic mass is 10.0. The Morgan fingerprint density at radius 1 is 1.10 bits per heavy atom. The van der Waals surface area contributed by atoms with Gasteiger partial charge in [0.2, 0.25) is 5.78 Å². The van der Waals surface area contributed by atoms with E-state index >= 15 is 0 Å². The first-order valence-electron chi connectivity index (χ1n) is 6.81. The number of aryl methyl sites for hydroxylation is 2. The lowest BCUT2D eigenvalue weighted by Gasteiger charge is -2.00. The maximum absolute atomic E-state index is 12.5. The molecule has 100 valence electrons. The van der Waals surface area contributed by atoms with Crippen molar-refractivity contribution in [2.75, 3.05) is 0 Å². The number of benzene rings is 2. The first kappa shape index (κ1) is 12.7. The SMILES string of the molecule is CCc1cccc(C(=O)c2cc3cc(C)ccc3o2)c1. The van der Waals surface area contributed by atoms with E-state index in [1.54, 1.807) is 0 Å². The van der Waals surface area contributed by atoms with E-state index in [1.807, 2.05) is 55.5 Å². The fraction of sp³-hybridized carbons (Fsp3) is 0.167. The van der Waals surface area contributed by atoms with Gasteiger partial charge in [0.15, 0.2) is 5.76 Å². The van der Waals surface area contributed by atoms with Gasteiger partial charge in [-0.1, -0.05) is 36.8 Å². The van der Waals surface area contributed by atoms with E-state index in [4.69, 9.17) is 4.42 Å². The molecule has 0 spiro atoms.